The molecule has 0 unspecified atom stereocenters. The van der Waals surface area contributed by atoms with Crippen molar-refractivity contribution in [3.05, 3.63) is 0 Å². The van der Waals surface area contributed by atoms with Crippen molar-refractivity contribution in [3.63, 3.8) is 0 Å². The van der Waals surface area contributed by atoms with Crippen LogP contribution in [0.2, 0.25) is 0 Å². The Morgan fingerprint density at radius 3 is 2.33 bits per heavy atom. The van der Waals surface area contributed by atoms with Crippen LogP contribution in [0.15, 0.2) is 0 Å². The van der Waals surface area contributed by atoms with Gasteiger partial charge in [0.2, 0.25) is 0 Å². The molecule has 88 valence electrons. The molecule has 2 aliphatic rings. The fourth-order valence-corrected chi connectivity index (χ4v) is 3.08. The van der Waals surface area contributed by atoms with Crippen molar-refractivity contribution in [2.24, 2.45) is 5.41 Å². The van der Waals surface area contributed by atoms with E-state index in [0.717, 1.165) is 0 Å². The smallest absolute Gasteiger partial charge is 0.0125 e. The number of nitrogens with zero attached hydrogens (tertiary/aromatic N) is 2. The number of hydrogen-bond donors (Lipinski definition) is 0. The van der Waals surface area contributed by atoms with Crippen molar-refractivity contribution in [1.82, 2.24) is 9.80 Å². The summed E-state index contributed by atoms with van der Waals surface area (Å²) in [5.74, 6) is 0. The maximum atomic E-state index is 2.63. The number of hydrogen-bond acceptors (Lipinski definition) is 2. The van der Waals surface area contributed by atoms with Crippen molar-refractivity contribution in [3.8, 4) is 0 Å². The van der Waals surface area contributed by atoms with Gasteiger partial charge in [-0.15, -0.1) is 0 Å². The van der Waals surface area contributed by atoms with Crippen LogP contribution in [0.4, 0.5) is 0 Å². The van der Waals surface area contributed by atoms with E-state index in [1.54, 1.807) is 0 Å². The van der Waals surface area contributed by atoms with E-state index < -0.39 is 0 Å². The third-order valence-electron chi connectivity index (χ3n) is 4.19. The molecule has 0 aromatic carbocycles. The summed E-state index contributed by atoms with van der Waals surface area (Å²) in [7, 11) is 0. The quantitative estimate of drug-likeness (QED) is 0.655. The fraction of sp³-hybridized carbons (Fsp3) is 1.00. The number of rotatable bonds is 1. The number of piperidine rings is 1. The predicted octanol–water partition coefficient (Wildman–Crippen LogP) is 2.20. The van der Waals surface area contributed by atoms with Gasteiger partial charge in [-0.3, -0.25) is 4.90 Å². The molecule has 0 N–H and O–H groups in total. The summed E-state index contributed by atoms with van der Waals surface area (Å²) in [5, 5.41) is 0. The second-order valence-electron chi connectivity index (χ2n) is 6.50. The Labute approximate surface area is 94.6 Å². The summed E-state index contributed by atoms with van der Waals surface area (Å²) in [4.78, 5) is 5.26. The van der Waals surface area contributed by atoms with Gasteiger partial charge in [-0.1, -0.05) is 6.92 Å². The molecule has 2 heterocycles. The van der Waals surface area contributed by atoms with Crippen LogP contribution in [0.5, 0.6) is 0 Å². The van der Waals surface area contributed by atoms with E-state index in [1.807, 2.05) is 0 Å². The molecule has 15 heavy (non-hydrogen) atoms. The minimum atomic E-state index is 0.375. The minimum Gasteiger partial charge on any atom is -0.303 e. The lowest BCUT2D eigenvalue weighted by Gasteiger charge is -2.59. The molecule has 0 bridgehead atoms. The third-order valence-corrected chi connectivity index (χ3v) is 4.19. The van der Waals surface area contributed by atoms with Crippen molar-refractivity contribution < 1.29 is 0 Å². The SMILES string of the molecule is CCN1CCCC2(C1)CN(C(C)(C)C)C2. The Balaban J connectivity index is 1.90. The van der Waals surface area contributed by atoms with Crippen LogP contribution in [0, 0.1) is 5.41 Å². The molecule has 1 spiro atoms. The highest BCUT2D eigenvalue weighted by atomic mass is 15.3. The van der Waals surface area contributed by atoms with E-state index in [2.05, 4.69) is 37.5 Å². The molecule has 0 aromatic heterocycles. The maximum absolute atomic E-state index is 2.63. The normalized spacial score (nSPS) is 28.0. The highest BCUT2D eigenvalue weighted by Crippen LogP contribution is 2.41. The Morgan fingerprint density at radius 1 is 1.13 bits per heavy atom. The van der Waals surface area contributed by atoms with Gasteiger partial charge in [0.05, 0.1) is 0 Å². The van der Waals surface area contributed by atoms with Crippen LogP contribution in [-0.4, -0.2) is 48.1 Å². The lowest BCUT2D eigenvalue weighted by molar-refractivity contribution is -0.0945. The Kier molecular flexibility index (Phi) is 2.85. The standard InChI is InChI=1S/C13H26N2/c1-5-14-8-6-7-13(9-14)10-15(11-13)12(2,3)4/h5-11H2,1-4H3. The van der Waals surface area contributed by atoms with Gasteiger partial charge in [-0.2, -0.15) is 0 Å². The molecule has 2 heteroatoms. The van der Waals surface area contributed by atoms with Crippen LogP contribution in [0.25, 0.3) is 0 Å². The molecule has 0 saturated carbocycles. The first kappa shape index (κ1) is 11.4. The fourth-order valence-electron chi connectivity index (χ4n) is 3.08. The van der Waals surface area contributed by atoms with Crippen molar-refractivity contribution in [2.45, 2.75) is 46.1 Å². The van der Waals surface area contributed by atoms with Gasteiger partial charge < -0.3 is 4.90 Å². The number of likely N-dealkylation sites (tertiary alicyclic amines) is 2. The predicted molar refractivity (Wildman–Crippen MR) is 65.1 cm³/mol. The average molecular weight is 210 g/mol. The molecule has 2 fully saturated rings. The molecule has 2 saturated heterocycles. The Bertz CT molecular complexity index is 223. The minimum absolute atomic E-state index is 0.375. The van der Waals surface area contributed by atoms with Gasteiger partial charge in [-0.05, 0) is 46.7 Å². The van der Waals surface area contributed by atoms with E-state index in [-0.39, 0.29) is 0 Å². The zero-order chi connectivity index (χ0) is 11.1. The molecular weight excluding hydrogens is 184 g/mol. The van der Waals surface area contributed by atoms with Gasteiger partial charge >= 0.3 is 0 Å². The summed E-state index contributed by atoms with van der Waals surface area (Å²) < 4.78 is 0. The molecular formula is C13H26N2. The third kappa shape index (κ3) is 2.21. The molecule has 0 radical (unpaired) electrons. The zero-order valence-corrected chi connectivity index (χ0v) is 10.8. The van der Waals surface area contributed by atoms with Crippen LogP contribution in [0.3, 0.4) is 0 Å². The van der Waals surface area contributed by atoms with E-state index >= 15 is 0 Å². The van der Waals surface area contributed by atoms with Crippen LogP contribution < -0.4 is 0 Å². The summed E-state index contributed by atoms with van der Waals surface area (Å²) in [6.45, 7) is 15.8. The summed E-state index contributed by atoms with van der Waals surface area (Å²) in [6, 6.07) is 0. The maximum Gasteiger partial charge on any atom is 0.0125 e. The zero-order valence-electron chi connectivity index (χ0n) is 10.8. The largest absolute Gasteiger partial charge is 0.303 e. The lowest BCUT2D eigenvalue weighted by atomic mass is 9.71. The van der Waals surface area contributed by atoms with Crippen molar-refractivity contribution in [1.29, 1.82) is 0 Å². The molecule has 2 rings (SSSR count). The van der Waals surface area contributed by atoms with Crippen molar-refractivity contribution in [2.75, 3.05) is 32.7 Å². The summed E-state index contributed by atoms with van der Waals surface area (Å²) >= 11 is 0. The Hall–Kier alpha value is -0.0800. The van der Waals surface area contributed by atoms with Gasteiger partial charge in [0.25, 0.3) is 0 Å². The Morgan fingerprint density at radius 2 is 1.80 bits per heavy atom. The van der Waals surface area contributed by atoms with Crippen LogP contribution in [-0.2, 0) is 0 Å². The second kappa shape index (κ2) is 3.74. The van der Waals surface area contributed by atoms with E-state index in [9.17, 15) is 0 Å². The van der Waals surface area contributed by atoms with Gasteiger partial charge in [0.1, 0.15) is 0 Å². The highest BCUT2D eigenvalue weighted by molar-refractivity contribution is 5.02. The van der Waals surface area contributed by atoms with Gasteiger partial charge in [-0.25, -0.2) is 0 Å². The van der Waals surface area contributed by atoms with E-state index in [0.29, 0.717) is 11.0 Å². The lowest BCUT2D eigenvalue weighted by Crippen LogP contribution is -2.67. The molecule has 2 nitrogen and oxygen atoms in total. The van der Waals surface area contributed by atoms with Crippen molar-refractivity contribution >= 4 is 0 Å². The van der Waals surface area contributed by atoms with Gasteiger partial charge in [0.15, 0.2) is 0 Å². The molecule has 0 amide bonds. The highest BCUT2D eigenvalue weighted by Gasteiger charge is 2.48. The van der Waals surface area contributed by atoms with Crippen LogP contribution >= 0.6 is 0 Å². The molecule has 0 aliphatic carbocycles. The average Bonchev–Trinajstić information content (AvgIpc) is 2.12. The first-order chi connectivity index (χ1) is 6.95. The van der Waals surface area contributed by atoms with E-state index in [1.165, 1.54) is 45.6 Å². The molecule has 2 aliphatic heterocycles. The summed E-state index contributed by atoms with van der Waals surface area (Å²) in [5.41, 5.74) is 1.03. The monoisotopic (exact) mass is 210 g/mol. The van der Waals surface area contributed by atoms with E-state index in [4.69, 9.17) is 0 Å². The molecule has 0 aromatic rings. The topological polar surface area (TPSA) is 6.48 Å². The van der Waals surface area contributed by atoms with Crippen LogP contribution in [0.1, 0.15) is 40.5 Å². The molecule has 0 atom stereocenters. The first-order valence-corrected chi connectivity index (χ1v) is 6.43. The van der Waals surface area contributed by atoms with Gasteiger partial charge in [0, 0.05) is 30.6 Å². The summed E-state index contributed by atoms with van der Waals surface area (Å²) in [6.07, 6.45) is 2.86. The first-order valence-electron chi connectivity index (χ1n) is 6.43. The second-order valence-corrected chi connectivity index (χ2v) is 6.50.